The third-order valence-corrected chi connectivity index (χ3v) is 2.47. The molecule has 1 unspecified atom stereocenters. The topological polar surface area (TPSA) is 76.2 Å². The first kappa shape index (κ1) is 11.3. The SMILES string of the molecule is Nc1ncccc1C(=O)C(O)c1ccccc1. The first-order chi connectivity index (χ1) is 8.20. The number of nitrogens with zero attached hydrogens (tertiary/aromatic N) is 1. The maximum absolute atomic E-state index is 12.0. The average molecular weight is 228 g/mol. The number of ketones is 1. The number of pyridine rings is 1. The Morgan fingerprint density at radius 3 is 2.53 bits per heavy atom. The van der Waals surface area contributed by atoms with E-state index in [4.69, 9.17) is 5.73 Å². The number of carbonyl (C=O) groups excluding carboxylic acids is 1. The highest BCUT2D eigenvalue weighted by Gasteiger charge is 2.20. The van der Waals surface area contributed by atoms with Crippen LogP contribution < -0.4 is 5.73 Å². The molecule has 2 rings (SSSR count). The van der Waals surface area contributed by atoms with Crippen molar-refractivity contribution in [1.82, 2.24) is 4.98 Å². The molecule has 1 aromatic carbocycles. The molecule has 1 heterocycles. The van der Waals surface area contributed by atoms with Gasteiger partial charge in [-0.05, 0) is 17.7 Å². The Hall–Kier alpha value is -2.20. The van der Waals surface area contributed by atoms with E-state index in [0.717, 1.165) is 0 Å². The summed E-state index contributed by atoms with van der Waals surface area (Å²) < 4.78 is 0. The smallest absolute Gasteiger partial charge is 0.199 e. The van der Waals surface area contributed by atoms with Gasteiger partial charge in [0.15, 0.2) is 5.78 Å². The van der Waals surface area contributed by atoms with Crippen LogP contribution in [0.15, 0.2) is 48.7 Å². The van der Waals surface area contributed by atoms with Gasteiger partial charge in [0, 0.05) is 6.20 Å². The number of hydrogen-bond acceptors (Lipinski definition) is 4. The maximum atomic E-state index is 12.0. The molecule has 3 N–H and O–H groups in total. The molecule has 1 aromatic heterocycles. The summed E-state index contributed by atoms with van der Waals surface area (Å²) in [6.45, 7) is 0. The second-order valence-corrected chi connectivity index (χ2v) is 3.61. The molecule has 1 atom stereocenters. The van der Waals surface area contributed by atoms with Crippen molar-refractivity contribution >= 4 is 11.6 Å². The minimum atomic E-state index is -1.21. The Morgan fingerprint density at radius 1 is 1.18 bits per heavy atom. The van der Waals surface area contributed by atoms with E-state index in [-0.39, 0.29) is 11.4 Å². The van der Waals surface area contributed by atoms with Gasteiger partial charge in [-0.1, -0.05) is 30.3 Å². The van der Waals surface area contributed by atoms with Crippen LogP contribution in [-0.2, 0) is 0 Å². The zero-order chi connectivity index (χ0) is 12.3. The Morgan fingerprint density at radius 2 is 1.88 bits per heavy atom. The number of Topliss-reactive ketones (excluding diaryl/α,β-unsaturated/α-hetero) is 1. The van der Waals surface area contributed by atoms with Crippen molar-refractivity contribution < 1.29 is 9.90 Å². The lowest BCUT2D eigenvalue weighted by Crippen LogP contribution is -2.14. The van der Waals surface area contributed by atoms with Crippen LogP contribution in [0, 0.1) is 0 Å². The third-order valence-electron chi connectivity index (χ3n) is 2.47. The van der Waals surface area contributed by atoms with Gasteiger partial charge in [0.25, 0.3) is 0 Å². The summed E-state index contributed by atoms with van der Waals surface area (Å²) in [5, 5.41) is 9.93. The normalized spacial score (nSPS) is 12.1. The molecular formula is C13H12N2O2. The van der Waals surface area contributed by atoms with Crippen LogP contribution in [0.2, 0.25) is 0 Å². The molecular weight excluding hydrogens is 216 g/mol. The molecule has 17 heavy (non-hydrogen) atoms. The molecule has 0 saturated heterocycles. The largest absolute Gasteiger partial charge is 0.383 e. The van der Waals surface area contributed by atoms with E-state index in [9.17, 15) is 9.90 Å². The fourth-order valence-electron chi connectivity index (χ4n) is 1.56. The zero-order valence-electron chi connectivity index (χ0n) is 9.08. The van der Waals surface area contributed by atoms with Crippen LogP contribution in [0.25, 0.3) is 0 Å². The van der Waals surface area contributed by atoms with Crippen molar-refractivity contribution in [2.75, 3.05) is 5.73 Å². The Bertz CT molecular complexity index is 526. The molecule has 0 radical (unpaired) electrons. The van der Waals surface area contributed by atoms with Gasteiger partial charge in [-0.3, -0.25) is 4.79 Å². The van der Waals surface area contributed by atoms with E-state index in [1.54, 1.807) is 36.4 Å². The van der Waals surface area contributed by atoms with Crippen molar-refractivity contribution in [3.63, 3.8) is 0 Å². The maximum Gasteiger partial charge on any atom is 0.199 e. The van der Waals surface area contributed by atoms with Crippen molar-refractivity contribution in [1.29, 1.82) is 0 Å². The number of anilines is 1. The second kappa shape index (κ2) is 4.76. The van der Waals surface area contributed by atoms with E-state index in [1.165, 1.54) is 6.20 Å². The quantitative estimate of drug-likeness (QED) is 0.782. The Balaban J connectivity index is 2.30. The summed E-state index contributed by atoms with van der Waals surface area (Å²) in [7, 11) is 0. The van der Waals surface area contributed by atoms with Gasteiger partial charge in [-0.2, -0.15) is 0 Å². The van der Waals surface area contributed by atoms with Crippen LogP contribution in [0.5, 0.6) is 0 Å². The molecule has 0 bridgehead atoms. The highest BCUT2D eigenvalue weighted by Crippen LogP contribution is 2.20. The Kier molecular flexibility index (Phi) is 3.16. The van der Waals surface area contributed by atoms with Crippen LogP contribution in [-0.4, -0.2) is 15.9 Å². The zero-order valence-corrected chi connectivity index (χ0v) is 9.08. The minimum absolute atomic E-state index is 0.132. The molecule has 0 aliphatic heterocycles. The van der Waals surface area contributed by atoms with Gasteiger partial charge in [0.1, 0.15) is 11.9 Å². The molecule has 4 nitrogen and oxygen atoms in total. The number of rotatable bonds is 3. The van der Waals surface area contributed by atoms with Crippen molar-refractivity contribution in [3.8, 4) is 0 Å². The van der Waals surface area contributed by atoms with Crippen molar-refractivity contribution in [3.05, 3.63) is 59.8 Å². The summed E-state index contributed by atoms with van der Waals surface area (Å²) in [5.74, 6) is -0.311. The highest BCUT2D eigenvalue weighted by molar-refractivity contribution is 6.03. The first-order valence-corrected chi connectivity index (χ1v) is 5.18. The van der Waals surface area contributed by atoms with Gasteiger partial charge in [0.2, 0.25) is 0 Å². The summed E-state index contributed by atoms with van der Waals surface area (Å²) >= 11 is 0. The number of aliphatic hydroxyl groups excluding tert-OH is 1. The van der Waals surface area contributed by atoms with Crippen LogP contribution in [0.4, 0.5) is 5.82 Å². The molecule has 86 valence electrons. The number of carbonyl (C=O) groups is 1. The lowest BCUT2D eigenvalue weighted by molar-refractivity contribution is 0.0748. The number of benzene rings is 1. The van der Waals surface area contributed by atoms with Gasteiger partial charge < -0.3 is 10.8 Å². The fourth-order valence-corrected chi connectivity index (χ4v) is 1.56. The summed E-state index contributed by atoms with van der Waals surface area (Å²) in [5.41, 5.74) is 6.38. The van der Waals surface area contributed by atoms with E-state index in [2.05, 4.69) is 4.98 Å². The number of nitrogen functional groups attached to an aromatic ring is 1. The lowest BCUT2D eigenvalue weighted by Gasteiger charge is -2.10. The predicted octanol–water partition coefficient (Wildman–Crippen LogP) is 1.58. The third kappa shape index (κ3) is 2.32. The standard InChI is InChI=1S/C13H12N2O2/c14-13-10(7-4-8-15-13)12(17)11(16)9-5-2-1-3-6-9/h1-8,11,16H,(H2,14,15). The van der Waals surface area contributed by atoms with Crippen LogP contribution in [0.3, 0.4) is 0 Å². The van der Waals surface area contributed by atoms with E-state index in [0.29, 0.717) is 5.56 Å². The molecule has 0 aliphatic rings. The molecule has 0 amide bonds. The fraction of sp³-hybridized carbons (Fsp3) is 0.0769. The van der Waals surface area contributed by atoms with Crippen LogP contribution in [0.1, 0.15) is 22.0 Å². The number of aromatic nitrogens is 1. The molecule has 2 aromatic rings. The molecule has 4 heteroatoms. The summed E-state index contributed by atoms with van der Waals surface area (Å²) in [6, 6.07) is 11.9. The van der Waals surface area contributed by atoms with Gasteiger partial charge in [0.05, 0.1) is 5.56 Å². The molecule has 0 saturated carbocycles. The molecule has 0 fully saturated rings. The highest BCUT2D eigenvalue weighted by atomic mass is 16.3. The summed E-state index contributed by atoms with van der Waals surface area (Å²) in [6.07, 6.45) is 0.295. The Labute approximate surface area is 98.7 Å². The second-order valence-electron chi connectivity index (χ2n) is 3.61. The van der Waals surface area contributed by atoms with Gasteiger partial charge >= 0.3 is 0 Å². The lowest BCUT2D eigenvalue weighted by atomic mass is 10.0. The number of aliphatic hydroxyl groups is 1. The molecule has 0 aliphatic carbocycles. The number of hydrogen-bond donors (Lipinski definition) is 2. The van der Waals surface area contributed by atoms with E-state index < -0.39 is 11.9 Å². The minimum Gasteiger partial charge on any atom is -0.383 e. The van der Waals surface area contributed by atoms with Crippen LogP contribution >= 0.6 is 0 Å². The van der Waals surface area contributed by atoms with E-state index in [1.807, 2.05) is 6.07 Å². The predicted molar refractivity (Wildman–Crippen MR) is 64.4 cm³/mol. The van der Waals surface area contributed by atoms with Gasteiger partial charge in [-0.25, -0.2) is 4.98 Å². The average Bonchev–Trinajstić information content (AvgIpc) is 2.39. The van der Waals surface area contributed by atoms with Crippen molar-refractivity contribution in [2.24, 2.45) is 0 Å². The summed E-state index contributed by atoms with van der Waals surface area (Å²) in [4.78, 5) is 15.8. The van der Waals surface area contributed by atoms with Gasteiger partial charge in [-0.15, -0.1) is 0 Å². The number of nitrogens with two attached hydrogens (primary N) is 1. The molecule has 0 spiro atoms. The van der Waals surface area contributed by atoms with E-state index >= 15 is 0 Å². The first-order valence-electron chi connectivity index (χ1n) is 5.18. The van der Waals surface area contributed by atoms with Crippen molar-refractivity contribution in [2.45, 2.75) is 6.10 Å². The monoisotopic (exact) mass is 228 g/mol.